The highest BCUT2D eigenvalue weighted by Gasteiger charge is 2.53. The number of fused-ring (bicyclic) bond motifs is 6. The summed E-state index contributed by atoms with van der Waals surface area (Å²) in [6.45, 7) is 0.524. The summed E-state index contributed by atoms with van der Waals surface area (Å²) < 4.78 is 53.2. The molecule has 6 atom stereocenters. The molecular weight excluding hydrogens is 688 g/mol. The molecule has 0 saturated carbocycles. The molecule has 1 aromatic carbocycles. The van der Waals surface area contributed by atoms with Gasteiger partial charge in [0.25, 0.3) is 5.56 Å². The minimum absolute atomic E-state index is 0.0304. The van der Waals surface area contributed by atoms with Crippen LogP contribution in [0.4, 0.5) is 10.2 Å². The molecule has 1 fully saturated rings. The number of aliphatic hydroxyl groups is 1. The van der Waals surface area contributed by atoms with Gasteiger partial charge < -0.3 is 29.8 Å². The van der Waals surface area contributed by atoms with E-state index in [9.17, 15) is 24.2 Å². The molecule has 3 aliphatic rings. The topological polar surface area (TPSA) is 216 Å². The van der Waals surface area contributed by atoms with Gasteiger partial charge in [0.2, 0.25) is 10.9 Å². The lowest BCUT2D eigenvalue weighted by Gasteiger charge is -2.36. The largest absolute Gasteiger partial charge is 0.473 e. The number of imidazole rings is 1. The first-order chi connectivity index (χ1) is 23.4. The van der Waals surface area contributed by atoms with E-state index in [2.05, 4.69) is 15.0 Å². The number of nitrogen functional groups attached to an aromatic ring is 1. The highest BCUT2D eigenvalue weighted by atomic mass is 35.5. The highest BCUT2D eigenvalue weighted by Crippen LogP contribution is 2.54. The normalized spacial score (nSPS) is 25.6. The number of rotatable bonds is 7. The lowest BCUT2D eigenvalue weighted by Crippen LogP contribution is -2.46. The van der Waals surface area contributed by atoms with E-state index in [1.54, 1.807) is 6.07 Å². The van der Waals surface area contributed by atoms with E-state index < -0.39 is 56.2 Å². The van der Waals surface area contributed by atoms with Gasteiger partial charge in [-0.1, -0.05) is 25.1 Å². The monoisotopic (exact) mass is 713 g/mol. The van der Waals surface area contributed by atoms with Crippen LogP contribution in [-0.4, -0.2) is 70.0 Å². The summed E-state index contributed by atoms with van der Waals surface area (Å²) in [5, 5.41) is 11.3. The van der Waals surface area contributed by atoms with Gasteiger partial charge in [-0.05, 0) is 36.2 Å². The number of alkyl halides is 1. The summed E-state index contributed by atoms with van der Waals surface area (Å²) in [6, 6.07) is 10.9. The van der Waals surface area contributed by atoms with Crippen molar-refractivity contribution in [3.8, 4) is 11.4 Å². The molecule has 0 spiro atoms. The summed E-state index contributed by atoms with van der Waals surface area (Å²) in [5.41, 5.74) is 5.77. The molecule has 7 heterocycles. The Kier molecular flexibility index (Phi) is 7.38. The second-order valence-corrected chi connectivity index (χ2v) is 13.5. The van der Waals surface area contributed by atoms with E-state index in [0.29, 0.717) is 16.9 Å². The molecule has 3 aliphatic heterocycles. The smallest absolute Gasteiger partial charge is 0.458 e. The lowest BCUT2D eigenvalue weighted by molar-refractivity contribution is -0.171. The molecule has 1 unspecified atom stereocenters. The molecule has 0 aliphatic carbocycles. The lowest BCUT2D eigenvalue weighted by atomic mass is 9.86. The standard InChI is InChI=1S/C30H26ClFN7O9P/c1-2-30(16-8-18-21-14(7-13-5-3-4-6-17(13)35-21)9-38(18)26(41)15(16)10-45-28(30)42)48-49(43,44)46-11-19-23(40)20(32)27(47-19)39-12-34-22-24(33)36-29(31)37-25(22)39/h3-8,12,19-20,23,27,40H,2,9-11H2,1H3,(H,43,44)(H2,33,36,37)/t19-,20-,23-,27-,30+/m1/s1. The van der Waals surface area contributed by atoms with Crippen LogP contribution in [0.15, 0.2) is 47.5 Å². The minimum atomic E-state index is -5.21. The molecule has 4 N–H and O–H groups in total. The van der Waals surface area contributed by atoms with Gasteiger partial charge in [0, 0.05) is 16.5 Å². The molecule has 8 rings (SSSR count). The van der Waals surface area contributed by atoms with Gasteiger partial charge in [0.05, 0.1) is 41.9 Å². The molecule has 1 saturated heterocycles. The van der Waals surface area contributed by atoms with Crippen LogP contribution in [0, 0.1) is 0 Å². The van der Waals surface area contributed by atoms with Gasteiger partial charge in [0.1, 0.15) is 24.3 Å². The first-order valence-electron chi connectivity index (χ1n) is 15.1. The maximum absolute atomic E-state index is 15.3. The van der Waals surface area contributed by atoms with Crippen molar-refractivity contribution in [1.29, 1.82) is 0 Å². The molecule has 19 heteroatoms. The number of hydrogen-bond donors (Lipinski definition) is 3. The summed E-state index contributed by atoms with van der Waals surface area (Å²) in [5.74, 6) is -1.07. The van der Waals surface area contributed by atoms with Gasteiger partial charge in [-0.15, -0.1) is 0 Å². The van der Waals surface area contributed by atoms with E-state index in [1.807, 2.05) is 30.3 Å². The SMILES string of the molecule is CC[C@@]1(OP(=O)(O)OC[C@H]2O[C@@H](n3cnc4c(N)nc(Cl)nc43)[C@H](F)[C@@H]2O)C(=O)OCc2c1cc1n(c2=O)Cc2cc3ccccc3nc2-1. The maximum Gasteiger partial charge on any atom is 0.473 e. The van der Waals surface area contributed by atoms with E-state index in [0.717, 1.165) is 15.5 Å². The van der Waals surface area contributed by atoms with E-state index in [1.165, 1.54) is 17.8 Å². The van der Waals surface area contributed by atoms with Crippen LogP contribution in [0.3, 0.4) is 0 Å². The van der Waals surface area contributed by atoms with Crippen molar-refractivity contribution < 1.29 is 42.3 Å². The number of cyclic esters (lactones) is 1. The van der Waals surface area contributed by atoms with Crippen molar-refractivity contribution in [2.45, 2.75) is 56.7 Å². The number of nitrogens with two attached hydrogens (primary N) is 1. The van der Waals surface area contributed by atoms with E-state index >= 15 is 4.39 Å². The number of benzene rings is 1. The number of phosphoric ester groups is 1. The Morgan fingerprint density at radius 2 is 2.02 bits per heavy atom. The fourth-order valence-electron chi connectivity index (χ4n) is 6.62. The van der Waals surface area contributed by atoms with Crippen molar-refractivity contribution in [1.82, 2.24) is 29.1 Å². The predicted molar refractivity (Wildman–Crippen MR) is 169 cm³/mol. The zero-order chi connectivity index (χ0) is 34.4. The summed E-state index contributed by atoms with van der Waals surface area (Å²) >= 11 is 5.90. The predicted octanol–water partition coefficient (Wildman–Crippen LogP) is 2.89. The van der Waals surface area contributed by atoms with Gasteiger partial charge in [0.15, 0.2) is 23.9 Å². The molecule has 49 heavy (non-hydrogen) atoms. The number of pyridine rings is 2. The van der Waals surface area contributed by atoms with Crippen LogP contribution >= 0.6 is 19.4 Å². The summed E-state index contributed by atoms with van der Waals surface area (Å²) in [7, 11) is -5.21. The number of ether oxygens (including phenoxy) is 2. The fourth-order valence-corrected chi connectivity index (χ4v) is 7.87. The van der Waals surface area contributed by atoms with Crippen LogP contribution in [0.1, 0.15) is 36.3 Å². The zero-order valence-corrected chi connectivity index (χ0v) is 27.0. The van der Waals surface area contributed by atoms with Crippen LogP contribution in [0.5, 0.6) is 0 Å². The quantitative estimate of drug-likeness (QED) is 0.123. The number of phosphoric acid groups is 1. The molecule has 0 amide bonds. The molecule has 16 nitrogen and oxygen atoms in total. The zero-order valence-electron chi connectivity index (χ0n) is 25.4. The Balaban J connectivity index is 1.08. The average Bonchev–Trinajstić information content (AvgIpc) is 3.74. The number of esters is 1. The molecular formula is C30H26ClFN7O9P. The van der Waals surface area contributed by atoms with Crippen molar-refractivity contribution in [3.63, 3.8) is 0 Å². The van der Waals surface area contributed by atoms with Crippen LogP contribution < -0.4 is 11.3 Å². The minimum Gasteiger partial charge on any atom is -0.458 e. The Morgan fingerprint density at radius 3 is 2.82 bits per heavy atom. The number of para-hydroxylation sites is 1. The number of nitrogens with zero attached hydrogens (tertiary/aromatic N) is 6. The number of carbonyl (C=O) groups excluding carboxylic acids is 1. The number of halogens is 2. The highest BCUT2D eigenvalue weighted by molar-refractivity contribution is 7.47. The molecule has 5 aromatic rings. The van der Waals surface area contributed by atoms with Crippen molar-refractivity contribution >= 4 is 53.3 Å². The van der Waals surface area contributed by atoms with Crippen molar-refractivity contribution in [2.24, 2.45) is 0 Å². The van der Waals surface area contributed by atoms with Crippen molar-refractivity contribution in [2.75, 3.05) is 12.3 Å². The van der Waals surface area contributed by atoms with E-state index in [-0.39, 0.29) is 53.0 Å². The maximum atomic E-state index is 15.3. The van der Waals surface area contributed by atoms with Gasteiger partial charge in [-0.2, -0.15) is 9.97 Å². The number of anilines is 1. The summed E-state index contributed by atoms with van der Waals surface area (Å²) in [4.78, 5) is 54.7. The average molecular weight is 714 g/mol. The Hall–Kier alpha value is -4.35. The molecule has 4 aromatic heterocycles. The number of aliphatic hydroxyl groups excluding tert-OH is 1. The summed E-state index contributed by atoms with van der Waals surface area (Å²) in [6.07, 6.45) is -5.93. The molecule has 0 radical (unpaired) electrons. The van der Waals surface area contributed by atoms with E-state index in [4.69, 9.17) is 40.8 Å². The second kappa shape index (κ2) is 11.3. The van der Waals surface area contributed by atoms with Gasteiger partial charge in [-0.25, -0.2) is 23.7 Å². The Labute approximate surface area is 279 Å². The second-order valence-electron chi connectivity index (χ2n) is 11.8. The molecule has 254 valence electrons. The Morgan fingerprint density at radius 1 is 1.22 bits per heavy atom. The third-order valence-corrected chi connectivity index (χ3v) is 10.2. The number of hydrogen-bond acceptors (Lipinski definition) is 13. The third-order valence-electron chi connectivity index (χ3n) is 9.05. The van der Waals surface area contributed by atoms with Gasteiger partial charge in [-0.3, -0.25) is 18.4 Å². The number of carbonyl (C=O) groups is 1. The third kappa shape index (κ3) is 4.95. The first-order valence-corrected chi connectivity index (χ1v) is 16.9. The van der Waals surface area contributed by atoms with Gasteiger partial charge >= 0.3 is 13.8 Å². The van der Waals surface area contributed by atoms with Crippen LogP contribution in [0.25, 0.3) is 33.5 Å². The van der Waals surface area contributed by atoms with Crippen LogP contribution in [0.2, 0.25) is 5.28 Å². The fraction of sp³-hybridized carbons (Fsp3) is 0.333. The first kappa shape index (κ1) is 31.9. The molecule has 0 bridgehead atoms. The Bertz CT molecular complexity index is 2320. The van der Waals surface area contributed by atoms with Crippen LogP contribution in [-0.2, 0) is 46.6 Å². The number of aromatic nitrogens is 6. The van der Waals surface area contributed by atoms with Crippen molar-refractivity contribution in [3.05, 3.63) is 75.1 Å².